The van der Waals surface area contributed by atoms with Gasteiger partial charge in [-0.1, -0.05) is 0 Å². The Morgan fingerprint density at radius 1 is 1.56 bits per heavy atom. The van der Waals surface area contributed by atoms with E-state index in [9.17, 15) is 8.42 Å². The molecule has 0 spiro atoms. The minimum atomic E-state index is -3.39. The highest BCUT2D eigenvalue weighted by Crippen LogP contribution is 2.17. The van der Waals surface area contributed by atoms with Crippen molar-refractivity contribution in [3.8, 4) is 0 Å². The van der Waals surface area contributed by atoms with E-state index < -0.39 is 10.0 Å². The van der Waals surface area contributed by atoms with Crippen molar-refractivity contribution in [3.63, 3.8) is 0 Å². The van der Waals surface area contributed by atoms with Crippen molar-refractivity contribution in [1.29, 1.82) is 0 Å². The molecule has 88 valence electrons. The molecule has 1 saturated heterocycles. The van der Waals surface area contributed by atoms with Crippen molar-refractivity contribution in [2.75, 3.05) is 20.1 Å². The second-order valence-electron chi connectivity index (χ2n) is 3.86. The molecule has 1 aromatic heterocycles. The van der Waals surface area contributed by atoms with Crippen LogP contribution >= 0.6 is 0 Å². The third kappa shape index (κ3) is 2.09. The lowest BCUT2D eigenvalue weighted by atomic mass is 10.3. The maximum atomic E-state index is 12.2. The Morgan fingerprint density at radius 3 is 2.94 bits per heavy atom. The monoisotopic (exact) mass is 241 g/mol. The number of nitrogens with one attached hydrogen (secondary N) is 1. The zero-order chi connectivity index (χ0) is 11.6. The standard InChI is InChI=1S/C10H15N3O2S/c1-13(9-4-6-12-7-9)16(14,15)10-3-2-5-11-8-10/h2-3,5,8-9,12H,4,6-7H2,1H3. The molecular formula is C10H15N3O2S. The van der Waals surface area contributed by atoms with Gasteiger partial charge in [-0.05, 0) is 25.1 Å². The number of rotatable bonds is 3. The van der Waals surface area contributed by atoms with Crippen molar-refractivity contribution >= 4 is 10.0 Å². The van der Waals surface area contributed by atoms with Gasteiger partial charge in [-0.3, -0.25) is 4.98 Å². The van der Waals surface area contributed by atoms with Gasteiger partial charge in [-0.25, -0.2) is 8.42 Å². The fraction of sp³-hybridized carbons (Fsp3) is 0.500. The average Bonchev–Trinajstić information content (AvgIpc) is 2.82. The van der Waals surface area contributed by atoms with Crippen molar-refractivity contribution in [2.45, 2.75) is 17.4 Å². The molecule has 0 saturated carbocycles. The first-order valence-electron chi connectivity index (χ1n) is 5.21. The van der Waals surface area contributed by atoms with Gasteiger partial charge in [-0.2, -0.15) is 4.31 Å². The summed E-state index contributed by atoms with van der Waals surface area (Å²) in [6.07, 6.45) is 3.81. The molecular weight excluding hydrogens is 226 g/mol. The van der Waals surface area contributed by atoms with E-state index >= 15 is 0 Å². The highest BCUT2D eigenvalue weighted by molar-refractivity contribution is 7.89. The van der Waals surface area contributed by atoms with Crippen LogP contribution in [0, 0.1) is 0 Å². The molecule has 1 N–H and O–H groups in total. The number of aromatic nitrogens is 1. The summed E-state index contributed by atoms with van der Waals surface area (Å²) < 4.78 is 25.8. The van der Waals surface area contributed by atoms with Crippen LogP contribution in [0.25, 0.3) is 0 Å². The molecule has 0 amide bonds. The summed E-state index contributed by atoms with van der Waals surface area (Å²) in [5, 5.41) is 3.16. The van der Waals surface area contributed by atoms with Gasteiger partial charge in [0.2, 0.25) is 10.0 Å². The van der Waals surface area contributed by atoms with Crippen molar-refractivity contribution < 1.29 is 8.42 Å². The first kappa shape index (κ1) is 11.5. The Hall–Kier alpha value is -0.980. The molecule has 2 rings (SSSR count). The third-order valence-corrected chi connectivity index (χ3v) is 4.75. The molecule has 0 radical (unpaired) electrons. The number of nitrogens with zero attached hydrogens (tertiary/aromatic N) is 2. The molecule has 2 heterocycles. The van der Waals surface area contributed by atoms with Crippen molar-refractivity contribution in [3.05, 3.63) is 24.5 Å². The molecule has 1 aromatic rings. The lowest BCUT2D eigenvalue weighted by Gasteiger charge is -2.22. The zero-order valence-electron chi connectivity index (χ0n) is 9.13. The molecule has 1 aliphatic heterocycles. The fourth-order valence-corrected chi connectivity index (χ4v) is 3.16. The fourth-order valence-electron chi connectivity index (χ4n) is 1.81. The molecule has 0 aromatic carbocycles. The SMILES string of the molecule is CN(C1CCNC1)S(=O)(=O)c1cccnc1. The summed E-state index contributed by atoms with van der Waals surface area (Å²) in [6, 6.07) is 3.25. The Kier molecular flexibility index (Phi) is 3.22. The van der Waals surface area contributed by atoms with E-state index in [-0.39, 0.29) is 10.9 Å². The van der Waals surface area contributed by atoms with E-state index in [0.29, 0.717) is 0 Å². The zero-order valence-corrected chi connectivity index (χ0v) is 9.94. The van der Waals surface area contributed by atoms with Crippen LogP contribution in [-0.4, -0.2) is 43.9 Å². The van der Waals surface area contributed by atoms with Crippen molar-refractivity contribution in [2.24, 2.45) is 0 Å². The second-order valence-corrected chi connectivity index (χ2v) is 5.85. The first-order chi connectivity index (χ1) is 7.62. The van der Waals surface area contributed by atoms with Gasteiger partial charge in [-0.15, -0.1) is 0 Å². The van der Waals surface area contributed by atoms with E-state index in [0.717, 1.165) is 19.5 Å². The van der Waals surface area contributed by atoms with Crippen LogP contribution in [0.1, 0.15) is 6.42 Å². The molecule has 5 nitrogen and oxygen atoms in total. The van der Waals surface area contributed by atoms with Crippen LogP contribution in [0.3, 0.4) is 0 Å². The summed E-state index contributed by atoms with van der Waals surface area (Å²) in [6.45, 7) is 1.59. The minimum Gasteiger partial charge on any atom is -0.315 e. The summed E-state index contributed by atoms with van der Waals surface area (Å²) in [4.78, 5) is 4.09. The quantitative estimate of drug-likeness (QED) is 0.813. The number of likely N-dealkylation sites (N-methyl/N-ethyl adjacent to an activating group) is 1. The van der Waals surface area contributed by atoms with E-state index in [2.05, 4.69) is 10.3 Å². The van der Waals surface area contributed by atoms with Crippen LogP contribution in [0.5, 0.6) is 0 Å². The van der Waals surface area contributed by atoms with E-state index in [1.807, 2.05) is 0 Å². The Balaban J connectivity index is 2.25. The molecule has 1 aliphatic rings. The second kappa shape index (κ2) is 4.48. The van der Waals surface area contributed by atoms with Gasteiger partial charge >= 0.3 is 0 Å². The summed E-state index contributed by atoms with van der Waals surface area (Å²) in [5.74, 6) is 0. The normalized spacial score (nSPS) is 21.5. The van der Waals surface area contributed by atoms with Crippen molar-refractivity contribution in [1.82, 2.24) is 14.6 Å². The van der Waals surface area contributed by atoms with E-state index in [4.69, 9.17) is 0 Å². The predicted octanol–water partition coefficient (Wildman–Crippen LogP) is 0.0640. The first-order valence-corrected chi connectivity index (χ1v) is 6.65. The average molecular weight is 241 g/mol. The molecule has 0 bridgehead atoms. The highest BCUT2D eigenvalue weighted by Gasteiger charge is 2.29. The van der Waals surface area contributed by atoms with Crippen LogP contribution in [0.15, 0.2) is 29.4 Å². The van der Waals surface area contributed by atoms with Gasteiger partial charge < -0.3 is 5.32 Å². The van der Waals surface area contributed by atoms with Gasteiger partial charge in [0.25, 0.3) is 0 Å². The van der Waals surface area contributed by atoms with Crippen LogP contribution in [0.4, 0.5) is 0 Å². The van der Waals surface area contributed by atoms with E-state index in [1.54, 1.807) is 25.4 Å². The van der Waals surface area contributed by atoms with Crippen LogP contribution in [-0.2, 0) is 10.0 Å². The van der Waals surface area contributed by atoms with Crippen LogP contribution in [0.2, 0.25) is 0 Å². The number of sulfonamides is 1. The van der Waals surface area contributed by atoms with Gasteiger partial charge in [0.1, 0.15) is 4.90 Å². The number of pyridine rings is 1. The number of hydrogen-bond acceptors (Lipinski definition) is 4. The predicted molar refractivity (Wildman–Crippen MR) is 60.5 cm³/mol. The molecule has 1 fully saturated rings. The third-order valence-electron chi connectivity index (χ3n) is 2.86. The maximum absolute atomic E-state index is 12.2. The lowest BCUT2D eigenvalue weighted by Crippen LogP contribution is -2.38. The molecule has 6 heteroatoms. The summed E-state index contributed by atoms with van der Waals surface area (Å²) >= 11 is 0. The maximum Gasteiger partial charge on any atom is 0.244 e. The molecule has 1 unspecified atom stereocenters. The molecule has 1 atom stereocenters. The molecule has 0 aliphatic carbocycles. The smallest absolute Gasteiger partial charge is 0.244 e. The lowest BCUT2D eigenvalue weighted by molar-refractivity contribution is 0.387. The largest absolute Gasteiger partial charge is 0.315 e. The molecule has 16 heavy (non-hydrogen) atoms. The van der Waals surface area contributed by atoms with E-state index in [1.165, 1.54) is 10.5 Å². The summed E-state index contributed by atoms with van der Waals surface area (Å²) in [5.41, 5.74) is 0. The number of hydrogen-bond donors (Lipinski definition) is 1. The Morgan fingerprint density at radius 2 is 2.38 bits per heavy atom. The van der Waals surface area contributed by atoms with Gasteiger partial charge in [0.15, 0.2) is 0 Å². The van der Waals surface area contributed by atoms with Gasteiger partial charge in [0, 0.05) is 32.0 Å². The summed E-state index contributed by atoms with van der Waals surface area (Å²) in [7, 11) is -1.77. The Labute approximate surface area is 95.5 Å². The highest BCUT2D eigenvalue weighted by atomic mass is 32.2. The van der Waals surface area contributed by atoms with Gasteiger partial charge in [0.05, 0.1) is 0 Å². The Bertz CT molecular complexity index is 440. The minimum absolute atomic E-state index is 0.0465. The van der Waals surface area contributed by atoms with Crippen LogP contribution < -0.4 is 5.32 Å². The topological polar surface area (TPSA) is 62.3 Å².